The molecule has 34 heavy (non-hydrogen) atoms. The van der Waals surface area contributed by atoms with Crippen molar-refractivity contribution in [1.29, 1.82) is 0 Å². The molecule has 0 radical (unpaired) electrons. The maximum absolute atomic E-state index is 12.5. The van der Waals surface area contributed by atoms with Crippen LogP contribution in [0.1, 0.15) is 83.4 Å². The smallest absolute Gasteiger partial charge is 0.307 e. The fraction of sp³-hybridized carbons (Fsp3) is 0.655. The van der Waals surface area contributed by atoms with Crippen molar-refractivity contribution >= 4 is 16.9 Å². The number of carboxylic acids is 1. The summed E-state index contributed by atoms with van der Waals surface area (Å²) in [5, 5.41) is 14.9. The molecule has 3 atom stereocenters. The van der Waals surface area contributed by atoms with Crippen LogP contribution in [0.4, 0.5) is 0 Å². The van der Waals surface area contributed by atoms with Crippen LogP contribution in [0.15, 0.2) is 36.4 Å². The number of nitrogens with zero attached hydrogens (tertiary/aromatic N) is 1. The van der Waals surface area contributed by atoms with E-state index in [4.69, 9.17) is 9.72 Å². The quantitative estimate of drug-likeness (QED) is 0.516. The number of hydrogen-bond acceptors (Lipinski definition) is 4. The summed E-state index contributed by atoms with van der Waals surface area (Å²) in [6.45, 7) is 6.10. The highest BCUT2D eigenvalue weighted by Gasteiger charge is 2.63. The molecule has 1 aromatic carbocycles. The summed E-state index contributed by atoms with van der Waals surface area (Å²) < 4.78 is 7.08. The van der Waals surface area contributed by atoms with E-state index in [-0.39, 0.29) is 29.0 Å². The number of nitrogens with one attached hydrogen (secondary N) is 1. The number of benzene rings is 1. The van der Waals surface area contributed by atoms with Crippen molar-refractivity contribution in [3.05, 3.63) is 42.1 Å². The van der Waals surface area contributed by atoms with Crippen LogP contribution >= 0.6 is 0 Å². The summed E-state index contributed by atoms with van der Waals surface area (Å²) in [6, 6.07) is 12.5. The Bertz CT molecular complexity index is 1010. The van der Waals surface area contributed by atoms with Gasteiger partial charge in [-0.2, -0.15) is 0 Å². The minimum absolute atomic E-state index is 0.202. The average Bonchev–Trinajstić information content (AvgIpc) is 2.83. The van der Waals surface area contributed by atoms with Gasteiger partial charge in [0, 0.05) is 23.9 Å². The summed E-state index contributed by atoms with van der Waals surface area (Å²) in [5.41, 5.74) is 1.34. The second-order valence-electron chi connectivity index (χ2n) is 11.3. The second kappa shape index (κ2) is 9.58. The van der Waals surface area contributed by atoms with E-state index >= 15 is 0 Å². The number of aliphatic carboxylic acids is 1. The second-order valence-corrected chi connectivity index (χ2v) is 11.3. The minimum Gasteiger partial charge on any atom is -0.481 e. The van der Waals surface area contributed by atoms with Crippen LogP contribution in [-0.2, 0) is 9.53 Å². The Hall–Kier alpha value is -1.98. The molecule has 1 saturated heterocycles. The molecular formula is C29H40N2O3. The van der Waals surface area contributed by atoms with Gasteiger partial charge in [-0.3, -0.25) is 9.78 Å². The summed E-state index contributed by atoms with van der Waals surface area (Å²) in [6.07, 6.45) is 9.65. The topological polar surface area (TPSA) is 71.5 Å². The van der Waals surface area contributed by atoms with Crippen LogP contribution in [-0.4, -0.2) is 35.3 Å². The van der Waals surface area contributed by atoms with Crippen LogP contribution in [0.25, 0.3) is 10.9 Å². The van der Waals surface area contributed by atoms with E-state index in [1.165, 1.54) is 19.3 Å². The lowest BCUT2D eigenvalue weighted by Crippen LogP contribution is -2.68. The number of carbonyl (C=O) groups is 1. The van der Waals surface area contributed by atoms with E-state index < -0.39 is 5.97 Å². The first-order chi connectivity index (χ1) is 16.5. The average molecular weight is 465 g/mol. The number of pyridine rings is 1. The Balaban J connectivity index is 1.55. The van der Waals surface area contributed by atoms with Crippen molar-refractivity contribution in [2.75, 3.05) is 13.1 Å². The Kier molecular flexibility index (Phi) is 6.69. The monoisotopic (exact) mass is 464 g/mol. The first kappa shape index (κ1) is 23.7. The van der Waals surface area contributed by atoms with Crippen LogP contribution in [0.5, 0.6) is 0 Å². The van der Waals surface area contributed by atoms with E-state index in [0.717, 1.165) is 74.1 Å². The molecule has 5 rings (SSSR count). The van der Waals surface area contributed by atoms with Gasteiger partial charge < -0.3 is 15.2 Å². The molecule has 0 amide bonds. The third kappa shape index (κ3) is 4.05. The van der Waals surface area contributed by atoms with Crippen LogP contribution in [0, 0.1) is 22.7 Å². The van der Waals surface area contributed by atoms with E-state index in [2.05, 4.69) is 43.4 Å². The van der Waals surface area contributed by atoms with Gasteiger partial charge >= 0.3 is 5.97 Å². The van der Waals surface area contributed by atoms with Gasteiger partial charge in [0.25, 0.3) is 0 Å². The number of fused-ring (bicyclic) bond motifs is 1. The van der Waals surface area contributed by atoms with Crippen molar-refractivity contribution in [2.45, 2.75) is 83.8 Å². The summed E-state index contributed by atoms with van der Waals surface area (Å²) in [4.78, 5) is 17.6. The molecule has 184 valence electrons. The number of para-hydroxylation sites is 1. The molecule has 3 unspecified atom stereocenters. The highest BCUT2D eigenvalue weighted by Crippen LogP contribution is 2.61. The third-order valence-electron chi connectivity index (χ3n) is 9.61. The molecule has 2 N–H and O–H groups in total. The summed E-state index contributed by atoms with van der Waals surface area (Å²) >= 11 is 0. The number of ether oxygens (including phenoxy) is 1. The van der Waals surface area contributed by atoms with Gasteiger partial charge in [0.15, 0.2) is 0 Å². The molecule has 1 aliphatic heterocycles. The summed E-state index contributed by atoms with van der Waals surface area (Å²) in [5.74, 6) is -0.184. The molecule has 5 nitrogen and oxygen atoms in total. The SMILES string of the molecule is CCC1CCC(OC(c2ccc3ccccc3n2)C2(C3(C)CCCCC3C(=O)O)CNC2)CC1. The zero-order valence-corrected chi connectivity index (χ0v) is 20.8. The van der Waals surface area contributed by atoms with Crippen LogP contribution in [0.3, 0.4) is 0 Å². The largest absolute Gasteiger partial charge is 0.481 e. The van der Waals surface area contributed by atoms with Crippen molar-refractivity contribution in [2.24, 2.45) is 22.7 Å². The lowest BCUT2D eigenvalue weighted by molar-refractivity contribution is -0.200. The number of carboxylic acid groups (broad SMARTS) is 1. The third-order valence-corrected chi connectivity index (χ3v) is 9.61. The molecule has 2 saturated carbocycles. The molecule has 2 aliphatic carbocycles. The van der Waals surface area contributed by atoms with Gasteiger partial charge in [0.05, 0.1) is 23.2 Å². The highest BCUT2D eigenvalue weighted by atomic mass is 16.5. The molecule has 2 aromatic rings. The Labute approximate surface area is 203 Å². The molecule has 2 heterocycles. The van der Waals surface area contributed by atoms with Gasteiger partial charge in [-0.05, 0) is 62.0 Å². The molecule has 0 spiro atoms. The molecular weight excluding hydrogens is 424 g/mol. The van der Waals surface area contributed by atoms with E-state index in [0.29, 0.717) is 0 Å². The van der Waals surface area contributed by atoms with Crippen molar-refractivity contribution in [3.8, 4) is 0 Å². The number of aromatic nitrogens is 1. The molecule has 3 aliphatic rings. The lowest BCUT2D eigenvalue weighted by atomic mass is 9.48. The fourth-order valence-corrected chi connectivity index (χ4v) is 7.19. The van der Waals surface area contributed by atoms with Crippen molar-refractivity contribution in [1.82, 2.24) is 10.3 Å². The first-order valence-electron chi connectivity index (χ1n) is 13.4. The first-order valence-corrected chi connectivity index (χ1v) is 13.4. The standard InChI is InChI=1S/C29H40N2O3/c1-3-20-11-14-22(15-12-20)34-26(25-16-13-21-8-4-5-10-24(21)31-25)29(18-30-19-29)28(2)17-7-6-9-23(28)27(32)33/h4-5,8,10,13,16,20,22-23,26,30H,3,6-7,9,11-12,14-15,17-19H2,1-2H3,(H,32,33). The highest BCUT2D eigenvalue weighted by molar-refractivity contribution is 5.78. The normalized spacial score (nSPS) is 32.1. The molecule has 3 fully saturated rings. The lowest BCUT2D eigenvalue weighted by Gasteiger charge is -2.61. The predicted molar refractivity (Wildman–Crippen MR) is 135 cm³/mol. The van der Waals surface area contributed by atoms with Gasteiger partial charge in [-0.1, -0.05) is 57.4 Å². The Morgan fingerprint density at radius 1 is 1.12 bits per heavy atom. The minimum atomic E-state index is -0.651. The number of rotatable bonds is 7. The van der Waals surface area contributed by atoms with Crippen LogP contribution < -0.4 is 5.32 Å². The van der Waals surface area contributed by atoms with E-state index in [1.54, 1.807) is 0 Å². The molecule has 5 heteroatoms. The maximum atomic E-state index is 12.5. The maximum Gasteiger partial charge on any atom is 0.307 e. The fourth-order valence-electron chi connectivity index (χ4n) is 7.19. The van der Waals surface area contributed by atoms with E-state index in [1.807, 2.05) is 12.1 Å². The van der Waals surface area contributed by atoms with Crippen molar-refractivity contribution < 1.29 is 14.6 Å². The van der Waals surface area contributed by atoms with E-state index in [9.17, 15) is 9.90 Å². The van der Waals surface area contributed by atoms with Gasteiger partial charge in [-0.15, -0.1) is 0 Å². The Morgan fingerprint density at radius 3 is 2.56 bits per heavy atom. The van der Waals surface area contributed by atoms with Gasteiger partial charge in [0.1, 0.15) is 6.10 Å². The zero-order valence-electron chi connectivity index (χ0n) is 20.8. The predicted octanol–water partition coefficient (Wildman–Crippen LogP) is 6.13. The number of hydrogen-bond donors (Lipinski definition) is 2. The van der Waals surface area contributed by atoms with Crippen LogP contribution in [0.2, 0.25) is 0 Å². The van der Waals surface area contributed by atoms with Crippen molar-refractivity contribution in [3.63, 3.8) is 0 Å². The van der Waals surface area contributed by atoms with Gasteiger partial charge in [0.2, 0.25) is 0 Å². The Morgan fingerprint density at radius 2 is 1.88 bits per heavy atom. The summed E-state index contributed by atoms with van der Waals surface area (Å²) in [7, 11) is 0. The molecule has 0 bridgehead atoms. The zero-order chi connectivity index (χ0) is 23.8. The van der Waals surface area contributed by atoms with Gasteiger partial charge in [-0.25, -0.2) is 0 Å². The molecule has 1 aromatic heterocycles.